The van der Waals surface area contributed by atoms with Crippen molar-refractivity contribution >= 4 is 18.4 Å². The van der Waals surface area contributed by atoms with Crippen LogP contribution in [0.5, 0.6) is 0 Å². The van der Waals surface area contributed by atoms with Crippen LogP contribution in [-0.4, -0.2) is 24.1 Å². The predicted molar refractivity (Wildman–Crippen MR) is 60.3 cm³/mol. The van der Waals surface area contributed by atoms with Gasteiger partial charge in [0.2, 0.25) is 0 Å². The van der Waals surface area contributed by atoms with Crippen molar-refractivity contribution in [2.75, 3.05) is 12.3 Å². The van der Waals surface area contributed by atoms with E-state index >= 15 is 0 Å². The quantitative estimate of drug-likeness (QED) is 0.644. The Kier molecular flexibility index (Phi) is 6.43. The minimum absolute atomic E-state index is 0.0255. The summed E-state index contributed by atoms with van der Waals surface area (Å²) in [6.07, 6.45) is 0. The molecule has 0 heterocycles. The van der Waals surface area contributed by atoms with E-state index < -0.39 is 0 Å². The zero-order valence-corrected chi connectivity index (χ0v) is 9.90. The molecule has 2 unspecified atom stereocenters. The molecule has 2 nitrogen and oxygen atoms in total. The second kappa shape index (κ2) is 6.44. The van der Waals surface area contributed by atoms with Crippen LogP contribution >= 0.6 is 12.6 Å². The van der Waals surface area contributed by atoms with E-state index in [0.717, 1.165) is 12.3 Å². The lowest BCUT2D eigenvalue weighted by Crippen LogP contribution is -2.44. The Morgan fingerprint density at radius 3 is 2.23 bits per heavy atom. The van der Waals surface area contributed by atoms with Crippen LogP contribution in [0.3, 0.4) is 0 Å². The van der Waals surface area contributed by atoms with Crippen molar-refractivity contribution < 1.29 is 4.79 Å². The van der Waals surface area contributed by atoms with E-state index in [0.29, 0.717) is 11.7 Å². The van der Waals surface area contributed by atoms with Gasteiger partial charge in [0.25, 0.3) is 0 Å². The van der Waals surface area contributed by atoms with Gasteiger partial charge in [-0.3, -0.25) is 4.79 Å². The maximum absolute atomic E-state index is 11.7. The van der Waals surface area contributed by atoms with E-state index in [2.05, 4.69) is 24.9 Å². The number of hydrogen-bond donors (Lipinski definition) is 2. The van der Waals surface area contributed by atoms with Gasteiger partial charge in [0.15, 0.2) is 5.78 Å². The SMILES string of the molecule is CCNC(C(=O)C(C)C)C(C)CS. The van der Waals surface area contributed by atoms with Crippen molar-refractivity contribution in [1.82, 2.24) is 5.32 Å². The van der Waals surface area contributed by atoms with Crippen LogP contribution in [0.1, 0.15) is 27.7 Å². The second-order valence-electron chi connectivity index (χ2n) is 3.75. The van der Waals surface area contributed by atoms with E-state index in [1.54, 1.807) is 0 Å². The fourth-order valence-corrected chi connectivity index (χ4v) is 1.48. The predicted octanol–water partition coefficient (Wildman–Crippen LogP) is 1.76. The van der Waals surface area contributed by atoms with Crippen LogP contribution in [0.4, 0.5) is 0 Å². The molecule has 0 fully saturated rings. The van der Waals surface area contributed by atoms with E-state index in [1.165, 1.54) is 0 Å². The molecule has 2 atom stereocenters. The van der Waals surface area contributed by atoms with Gasteiger partial charge in [-0.25, -0.2) is 0 Å². The highest BCUT2D eigenvalue weighted by Gasteiger charge is 2.24. The van der Waals surface area contributed by atoms with Gasteiger partial charge in [0.1, 0.15) is 0 Å². The molecule has 0 spiro atoms. The molecule has 0 saturated heterocycles. The summed E-state index contributed by atoms with van der Waals surface area (Å²) < 4.78 is 0. The van der Waals surface area contributed by atoms with Crippen molar-refractivity contribution in [2.45, 2.75) is 33.7 Å². The van der Waals surface area contributed by atoms with Crippen molar-refractivity contribution in [3.63, 3.8) is 0 Å². The van der Waals surface area contributed by atoms with Gasteiger partial charge in [0, 0.05) is 5.92 Å². The first-order valence-electron chi connectivity index (χ1n) is 4.92. The molecule has 0 aliphatic carbocycles. The van der Waals surface area contributed by atoms with E-state index in [4.69, 9.17) is 0 Å². The first-order chi connectivity index (χ1) is 6.04. The summed E-state index contributed by atoms with van der Waals surface area (Å²) in [6.45, 7) is 8.80. The maximum atomic E-state index is 11.7. The molecule has 1 N–H and O–H groups in total. The number of nitrogens with one attached hydrogen (secondary N) is 1. The molecule has 0 aromatic rings. The summed E-state index contributed by atoms with van der Waals surface area (Å²) >= 11 is 4.22. The highest BCUT2D eigenvalue weighted by molar-refractivity contribution is 7.80. The van der Waals surface area contributed by atoms with Gasteiger partial charge in [-0.2, -0.15) is 12.6 Å². The van der Waals surface area contributed by atoms with Gasteiger partial charge in [-0.05, 0) is 18.2 Å². The highest BCUT2D eigenvalue weighted by atomic mass is 32.1. The van der Waals surface area contributed by atoms with Crippen LogP contribution in [0.15, 0.2) is 0 Å². The summed E-state index contributed by atoms with van der Waals surface area (Å²) in [7, 11) is 0. The number of carbonyl (C=O) groups is 1. The van der Waals surface area contributed by atoms with Crippen LogP contribution in [0.25, 0.3) is 0 Å². The molecule has 0 aliphatic rings. The fourth-order valence-electron chi connectivity index (χ4n) is 1.27. The van der Waals surface area contributed by atoms with Crippen molar-refractivity contribution in [3.8, 4) is 0 Å². The normalized spacial score (nSPS) is 15.8. The van der Waals surface area contributed by atoms with Crippen LogP contribution in [0, 0.1) is 11.8 Å². The summed E-state index contributed by atoms with van der Waals surface area (Å²) in [6, 6.07) is -0.0255. The Labute approximate surface area is 86.9 Å². The lowest BCUT2D eigenvalue weighted by molar-refractivity contribution is -0.124. The van der Waals surface area contributed by atoms with E-state index in [9.17, 15) is 4.79 Å². The molecule has 0 aromatic carbocycles. The fraction of sp³-hybridized carbons (Fsp3) is 0.900. The number of hydrogen-bond acceptors (Lipinski definition) is 3. The minimum Gasteiger partial charge on any atom is -0.307 e. The summed E-state index contributed by atoms with van der Waals surface area (Å²) in [5, 5.41) is 3.22. The molecule has 13 heavy (non-hydrogen) atoms. The van der Waals surface area contributed by atoms with Crippen LogP contribution in [-0.2, 0) is 4.79 Å². The number of ketones is 1. The topological polar surface area (TPSA) is 29.1 Å². The Bertz CT molecular complexity index is 159. The molecule has 0 saturated carbocycles. The van der Waals surface area contributed by atoms with Crippen LogP contribution < -0.4 is 5.32 Å². The third-order valence-corrected chi connectivity index (χ3v) is 2.73. The summed E-state index contributed by atoms with van der Waals surface area (Å²) in [4.78, 5) is 11.7. The zero-order chi connectivity index (χ0) is 10.4. The molecule has 0 bridgehead atoms. The molecule has 0 aliphatic heterocycles. The molecular formula is C10H21NOS. The van der Waals surface area contributed by atoms with Gasteiger partial charge in [-0.1, -0.05) is 27.7 Å². The molecule has 3 heteroatoms. The Morgan fingerprint density at radius 1 is 1.38 bits per heavy atom. The third-order valence-electron chi connectivity index (χ3n) is 2.16. The molecular weight excluding hydrogens is 182 g/mol. The molecule has 0 aromatic heterocycles. The van der Waals surface area contributed by atoms with E-state index in [1.807, 2.05) is 20.8 Å². The molecule has 0 amide bonds. The van der Waals surface area contributed by atoms with Gasteiger partial charge >= 0.3 is 0 Å². The third kappa shape index (κ3) is 4.14. The molecule has 78 valence electrons. The van der Waals surface area contributed by atoms with Crippen LogP contribution in [0.2, 0.25) is 0 Å². The minimum atomic E-state index is -0.0255. The van der Waals surface area contributed by atoms with E-state index in [-0.39, 0.29) is 12.0 Å². The number of thiol groups is 1. The first-order valence-corrected chi connectivity index (χ1v) is 5.55. The Hall–Kier alpha value is -0.0200. The summed E-state index contributed by atoms with van der Waals surface area (Å²) in [5.41, 5.74) is 0. The highest BCUT2D eigenvalue weighted by Crippen LogP contribution is 2.10. The lowest BCUT2D eigenvalue weighted by atomic mass is 9.93. The summed E-state index contributed by atoms with van der Waals surface area (Å²) in [5.74, 6) is 1.45. The Balaban J connectivity index is 4.31. The monoisotopic (exact) mass is 203 g/mol. The zero-order valence-electron chi connectivity index (χ0n) is 9.00. The average Bonchev–Trinajstić information content (AvgIpc) is 2.11. The largest absolute Gasteiger partial charge is 0.307 e. The standard InChI is InChI=1S/C10H21NOS/c1-5-11-9(8(4)6-13)10(12)7(2)3/h7-9,11,13H,5-6H2,1-4H3. The number of Topliss-reactive ketones (excluding diaryl/α,β-unsaturated/α-hetero) is 1. The first kappa shape index (κ1) is 13.0. The van der Waals surface area contributed by atoms with Crippen molar-refractivity contribution in [1.29, 1.82) is 0 Å². The van der Waals surface area contributed by atoms with Gasteiger partial charge in [-0.15, -0.1) is 0 Å². The van der Waals surface area contributed by atoms with Crippen molar-refractivity contribution in [2.24, 2.45) is 11.8 Å². The van der Waals surface area contributed by atoms with Crippen molar-refractivity contribution in [3.05, 3.63) is 0 Å². The molecule has 0 radical (unpaired) electrons. The van der Waals surface area contributed by atoms with Gasteiger partial charge in [0.05, 0.1) is 6.04 Å². The number of carbonyl (C=O) groups excluding carboxylic acids is 1. The average molecular weight is 203 g/mol. The van der Waals surface area contributed by atoms with Gasteiger partial charge < -0.3 is 5.32 Å². The maximum Gasteiger partial charge on any atom is 0.152 e. The number of rotatable bonds is 6. The molecule has 0 rings (SSSR count). The lowest BCUT2D eigenvalue weighted by Gasteiger charge is -2.23. The Morgan fingerprint density at radius 2 is 1.92 bits per heavy atom. The smallest absolute Gasteiger partial charge is 0.152 e. The number of likely N-dealkylation sites (N-methyl/N-ethyl adjacent to an activating group) is 1. The second-order valence-corrected chi connectivity index (χ2v) is 4.12.